The largest absolute Gasteiger partial charge is 0.439 e. The molecule has 0 atom stereocenters. The maximum absolute atomic E-state index is 12.4. The molecule has 8 nitrogen and oxygen atoms in total. The Bertz CT molecular complexity index is 1240. The van der Waals surface area contributed by atoms with Gasteiger partial charge in [-0.1, -0.05) is 18.2 Å². The van der Waals surface area contributed by atoms with E-state index < -0.39 is 6.03 Å². The molecule has 0 spiro atoms. The summed E-state index contributed by atoms with van der Waals surface area (Å²) in [6, 6.07) is 16.6. The standard InChI is InChI=1S/C25H24N6O2S/c32-25(30-22-17-34-24(28-22)19-10-12-26-13-11-19)29-21-4-3-5-23(27-21)33-20-8-6-18(7-9-20)16-31-14-1-2-15-31/h3-13,17H,1-2,14-16H2,(H2,27,29,30,32). The second-order valence-electron chi connectivity index (χ2n) is 7.94. The zero-order valence-electron chi connectivity index (χ0n) is 18.5. The number of aromatic nitrogens is 3. The lowest BCUT2D eigenvalue weighted by atomic mass is 10.2. The van der Waals surface area contributed by atoms with E-state index in [9.17, 15) is 4.79 Å². The molecule has 2 N–H and O–H groups in total. The number of nitrogens with zero attached hydrogens (tertiary/aromatic N) is 4. The van der Waals surface area contributed by atoms with E-state index in [4.69, 9.17) is 4.74 Å². The molecule has 0 unspecified atom stereocenters. The van der Waals surface area contributed by atoms with E-state index >= 15 is 0 Å². The zero-order valence-corrected chi connectivity index (χ0v) is 19.3. The fraction of sp³-hybridized carbons (Fsp3) is 0.200. The number of likely N-dealkylation sites (tertiary alicyclic amines) is 1. The van der Waals surface area contributed by atoms with Gasteiger partial charge in [0.15, 0.2) is 0 Å². The summed E-state index contributed by atoms with van der Waals surface area (Å²) in [5.74, 6) is 1.95. The Morgan fingerprint density at radius 3 is 2.50 bits per heavy atom. The summed E-state index contributed by atoms with van der Waals surface area (Å²) in [6.07, 6.45) is 5.98. The fourth-order valence-corrected chi connectivity index (χ4v) is 4.50. The summed E-state index contributed by atoms with van der Waals surface area (Å²) in [7, 11) is 0. The predicted octanol–water partition coefficient (Wildman–Crippen LogP) is 5.63. The second-order valence-corrected chi connectivity index (χ2v) is 8.80. The van der Waals surface area contributed by atoms with E-state index in [1.165, 1.54) is 42.8 Å². The predicted molar refractivity (Wildman–Crippen MR) is 133 cm³/mol. The average Bonchev–Trinajstić information content (AvgIpc) is 3.53. The van der Waals surface area contributed by atoms with Crippen LogP contribution in [0.15, 0.2) is 72.4 Å². The molecular weight excluding hydrogens is 448 g/mol. The second kappa shape index (κ2) is 10.4. The number of pyridine rings is 2. The van der Waals surface area contributed by atoms with Gasteiger partial charge in [-0.05, 0) is 61.8 Å². The number of amides is 2. The molecular formula is C25H24N6O2S. The van der Waals surface area contributed by atoms with Gasteiger partial charge in [-0.15, -0.1) is 11.3 Å². The van der Waals surface area contributed by atoms with Crippen LogP contribution in [0.2, 0.25) is 0 Å². The molecule has 1 saturated heterocycles. The maximum atomic E-state index is 12.4. The van der Waals surface area contributed by atoms with Gasteiger partial charge in [-0.3, -0.25) is 20.5 Å². The summed E-state index contributed by atoms with van der Waals surface area (Å²) >= 11 is 1.44. The average molecular weight is 473 g/mol. The first-order valence-electron chi connectivity index (χ1n) is 11.1. The highest BCUT2D eigenvalue weighted by molar-refractivity contribution is 7.13. The van der Waals surface area contributed by atoms with Crippen molar-refractivity contribution < 1.29 is 9.53 Å². The number of ether oxygens (including phenoxy) is 1. The summed E-state index contributed by atoms with van der Waals surface area (Å²) in [6.45, 7) is 3.31. The van der Waals surface area contributed by atoms with Gasteiger partial charge < -0.3 is 4.74 Å². The molecule has 3 aromatic heterocycles. The Morgan fingerprint density at radius 1 is 0.941 bits per heavy atom. The van der Waals surface area contributed by atoms with E-state index in [2.05, 4.69) is 42.6 Å². The number of benzene rings is 1. The Balaban J connectivity index is 1.16. The van der Waals surface area contributed by atoms with Gasteiger partial charge in [0.1, 0.15) is 22.4 Å². The summed E-state index contributed by atoms with van der Waals surface area (Å²) in [5.41, 5.74) is 2.22. The minimum absolute atomic E-state index is 0.380. The SMILES string of the molecule is O=C(Nc1cccc(Oc2ccc(CN3CCCC3)cc2)n1)Nc1csc(-c2ccncc2)n1. The van der Waals surface area contributed by atoms with Crippen LogP contribution in [0.3, 0.4) is 0 Å². The van der Waals surface area contributed by atoms with Crippen LogP contribution in [0.5, 0.6) is 11.6 Å². The maximum Gasteiger partial charge on any atom is 0.326 e. The first-order chi connectivity index (χ1) is 16.7. The minimum Gasteiger partial charge on any atom is -0.439 e. The topological polar surface area (TPSA) is 92.3 Å². The highest BCUT2D eigenvalue weighted by Gasteiger charge is 2.12. The first-order valence-corrected chi connectivity index (χ1v) is 12.0. The third kappa shape index (κ3) is 5.75. The molecule has 0 aliphatic carbocycles. The number of rotatable bonds is 7. The van der Waals surface area contributed by atoms with Crippen molar-refractivity contribution >= 4 is 29.0 Å². The third-order valence-electron chi connectivity index (χ3n) is 5.39. The van der Waals surface area contributed by atoms with Crippen molar-refractivity contribution in [2.45, 2.75) is 19.4 Å². The molecule has 5 rings (SSSR count). The van der Waals surface area contributed by atoms with Crippen molar-refractivity contribution in [1.82, 2.24) is 19.9 Å². The van der Waals surface area contributed by atoms with Crippen molar-refractivity contribution in [2.75, 3.05) is 23.7 Å². The van der Waals surface area contributed by atoms with Gasteiger partial charge in [0, 0.05) is 35.9 Å². The highest BCUT2D eigenvalue weighted by Crippen LogP contribution is 2.26. The Labute approximate surface area is 201 Å². The third-order valence-corrected chi connectivity index (χ3v) is 6.28. The minimum atomic E-state index is -0.428. The van der Waals surface area contributed by atoms with Gasteiger partial charge in [-0.25, -0.2) is 9.78 Å². The lowest BCUT2D eigenvalue weighted by Gasteiger charge is -2.14. The molecule has 1 aliphatic rings. The molecule has 0 bridgehead atoms. The lowest BCUT2D eigenvalue weighted by Crippen LogP contribution is -2.20. The van der Waals surface area contributed by atoms with Crippen LogP contribution in [0.1, 0.15) is 18.4 Å². The molecule has 34 heavy (non-hydrogen) atoms. The van der Waals surface area contributed by atoms with Gasteiger partial charge in [0.25, 0.3) is 0 Å². The van der Waals surface area contributed by atoms with Crippen molar-refractivity contribution in [3.05, 3.63) is 77.9 Å². The Kier molecular flexibility index (Phi) is 6.73. The molecule has 9 heteroatoms. The van der Waals surface area contributed by atoms with Crippen LogP contribution in [0, 0.1) is 0 Å². The lowest BCUT2D eigenvalue weighted by molar-refractivity contribution is 0.262. The van der Waals surface area contributed by atoms with E-state index in [1.54, 1.807) is 36.0 Å². The van der Waals surface area contributed by atoms with Crippen LogP contribution in [0.4, 0.5) is 16.4 Å². The van der Waals surface area contributed by atoms with E-state index in [0.717, 1.165) is 17.1 Å². The van der Waals surface area contributed by atoms with Crippen LogP contribution in [0.25, 0.3) is 10.6 Å². The number of hydrogen-bond donors (Lipinski definition) is 2. The smallest absolute Gasteiger partial charge is 0.326 e. The summed E-state index contributed by atoms with van der Waals surface area (Å²) in [4.78, 5) is 27.7. The molecule has 2 amide bonds. The summed E-state index contributed by atoms with van der Waals surface area (Å²) < 4.78 is 5.88. The van der Waals surface area contributed by atoms with Gasteiger partial charge >= 0.3 is 6.03 Å². The van der Waals surface area contributed by atoms with Crippen LogP contribution in [-0.2, 0) is 6.54 Å². The number of carbonyl (C=O) groups excluding carboxylic acids is 1. The van der Waals surface area contributed by atoms with Gasteiger partial charge in [0.05, 0.1) is 0 Å². The quantitative estimate of drug-likeness (QED) is 0.362. The number of anilines is 2. The van der Waals surface area contributed by atoms with E-state index in [-0.39, 0.29) is 0 Å². The van der Waals surface area contributed by atoms with Crippen LogP contribution < -0.4 is 15.4 Å². The Hall–Kier alpha value is -3.82. The molecule has 172 valence electrons. The molecule has 1 fully saturated rings. The normalized spacial score (nSPS) is 13.5. The highest BCUT2D eigenvalue weighted by atomic mass is 32.1. The first kappa shape index (κ1) is 22.0. The van der Waals surface area contributed by atoms with Gasteiger partial charge in [0.2, 0.25) is 5.88 Å². The van der Waals surface area contributed by atoms with Crippen molar-refractivity contribution in [3.8, 4) is 22.2 Å². The van der Waals surface area contributed by atoms with Crippen molar-refractivity contribution in [2.24, 2.45) is 0 Å². The molecule has 0 saturated carbocycles. The van der Waals surface area contributed by atoms with Crippen LogP contribution in [-0.4, -0.2) is 39.0 Å². The monoisotopic (exact) mass is 472 g/mol. The number of urea groups is 1. The molecule has 1 aromatic carbocycles. The van der Waals surface area contributed by atoms with Crippen molar-refractivity contribution in [3.63, 3.8) is 0 Å². The molecule has 4 aromatic rings. The van der Waals surface area contributed by atoms with Crippen molar-refractivity contribution in [1.29, 1.82) is 0 Å². The van der Waals surface area contributed by atoms with Crippen LogP contribution >= 0.6 is 11.3 Å². The summed E-state index contributed by atoms with van der Waals surface area (Å²) in [5, 5.41) is 8.05. The molecule has 4 heterocycles. The zero-order chi connectivity index (χ0) is 23.2. The number of thiazole rings is 1. The fourth-order valence-electron chi connectivity index (χ4n) is 3.75. The number of hydrogen-bond acceptors (Lipinski definition) is 7. The Morgan fingerprint density at radius 2 is 1.71 bits per heavy atom. The van der Waals surface area contributed by atoms with Gasteiger partial charge in [-0.2, -0.15) is 4.98 Å². The molecule has 0 radical (unpaired) electrons. The number of nitrogens with one attached hydrogen (secondary N) is 2. The molecule has 1 aliphatic heterocycles. The van der Waals surface area contributed by atoms with E-state index in [0.29, 0.717) is 23.3 Å². The van der Waals surface area contributed by atoms with E-state index in [1.807, 2.05) is 24.3 Å². The number of carbonyl (C=O) groups is 1.